The standard InChI is InChI=1S/C24H28N4O8/c1-27(2)12-7-10(22(25)34)17(29)14-9(12)5-8-6-11-16(28(3)4)19(31)15(23(26)35)21(33)24(11,36)20(32)13(8)18(14)30/h7-8,11,16,29-30,33,36H,5-6H2,1-4H3,(H2,25,34)(H2,26,35)/t8-,11-,16-,24-/m0/s1. The Morgan fingerprint density at radius 1 is 1.06 bits per heavy atom. The van der Waals surface area contributed by atoms with Gasteiger partial charge in [-0.1, -0.05) is 0 Å². The van der Waals surface area contributed by atoms with Gasteiger partial charge in [-0.25, -0.2) is 0 Å². The lowest BCUT2D eigenvalue weighted by Crippen LogP contribution is -2.65. The van der Waals surface area contributed by atoms with Crippen LogP contribution < -0.4 is 16.4 Å². The molecule has 36 heavy (non-hydrogen) atoms. The predicted molar refractivity (Wildman–Crippen MR) is 127 cm³/mol. The van der Waals surface area contributed by atoms with Crippen molar-refractivity contribution in [1.82, 2.24) is 4.90 Å². The van der Waals surface area contributed by atoms with Crippen LogP contribution >= 0.6 is 0 Å². The Hall–Kier alpha value is -3.90. The first-order valence-electron chi connectivity index (χ1n) is 11.2. The Morgan fingerprint density at radius 3 is 2.17 bits per heavy atom. The number of primary amides is 2. The summed E-state index contributed by atoms with van der Waals surface area (Å²) in [5.41, 5.74) is 7.24. The number of phenols is 1. The van der Waals surface area contributed by atoms with Crippen LogP contribution in [0.2, 0.25) is 0 Å². The highest BCUT2D eigenvalue weighted by molar-refractivity contribution is 6.24. The Labute approximate surface area is 206 Å². The number of rotatable bonds is 4. The van der Waals surface area contributed by atoms with Crippen molar-refractivity contribution in [3.8, 4) is 5.75 Å². The maximum absolute atomic E-state index is 13.8. The molecular formula is C24H28N4O8. The van der Waals surface area contributed by atoms with Crippen LogP contribution in [0.1, 0.15) is 27.9 Å². The number of amides is 2. The van der Waals surface area contributed by atoms with E-state index in [-0.39, 0.29) is 29.5 Å². The summed E-state index contributed by atoms with van der Waals surface area (Å²) in [5, 5.41) is 44.5. The van der Waals surface area contributed by atoms with E-state index >= 15 is 0 Å². The lowest BCUT2D eigenvalue weighted by atomic mass is 9.57. The van der Waals surface area contributed by atoms with Crippen LogP contribution in [0.25, 0.3) is 5.76 Å². The molecule has 1 saturated carbocycles. The van der Waals surface area contributed by atoms with Crippen molar-refractivity contribution in [1.29, 1.82) is 0 Å². The summed E-state index contributed by atoms with van der Waals surface area (Å²) in [7, 11) is 6.44. The summed E-state index contributed by atoms with van der Waals surface area (Å²) in [5.74, 6) is -8.58. The molecule has 8 N–H and O–H groups in total. The van der Waals surface area contributed by atoms with Gasteiger partial charge in [-0.15, -0.1) is 0 Å². The summed E-state index contributed by atoms with van der Waals surface area (Å²) < 4.78 is 0. The first kappa shape index (κ1) is 25.2. The number of Topliss-reactive ketones (excluding diaryl/α,β-unsaturated/α-hetero) is 2. The highest BCUT2D eigenvalue weighted by Gasteiger charge is 2.64. The van der Waals surface area contributed by atoms with E-state index in [0.29, 0.717) is 11.3 Å². The van der Waals surface area contributed by atoms with E-state index in [2.05, 4.69) is 0 Å². The summed E-state index contributed by atoms with van der Waals surface area (Å²) in [6.07, 6.45) is 0.0750. The average molecular weight is 501 g/mol. The maximum atomic E-state index is 13.8. The van der Waals surface area contributed by atoms with E-state index in [9.17, 15) is 39.6 Å². The Bertz CT molecular complexity index is 1310. The summed E-state index contributed by atoms with van der Waals surface area (Å²) in [6, 6.07) is 0.220. The van der Waals surface area contributed by atoms with Crippen LogP contribution in [-0.4, -0.2) is 88.5 Å². The number of nitrogens with zero attached hydrogens (tertiary/aromatic N) is 2. The minimum atomic E-state index is -2.73. The molecule has 0 aromatic heterocycles. The van der Waals surface area contributed by atoms with Crippen molar-refractivity contribution in [2.45, 2.75) is 24.5 Å². The van der Waals surface area contributed by atoms with Crippen LogP contribution in [0.4, 0.5) is 5.69 Å². The smallest absolute Gasteiger partial charge is 0.255 e. The summed E-state index contributed by atoms with van der Waals surface area (Å²) in [4.78, 5) is 54.0. The SMILES string of the molecule is CN(C)c1cc(C(N)=O)c(O)c2c1C[C@H]1C[C@H]3[C@H](N(C)C)C(=O)C(C(N)=O)=C(O)[C@@]3(O)C(=O)C1=C2O. The van der Waals surface area contributed by atoms with E-state index in [1.54, 1.807) is 19.0 Å². The lowest BCUT2D eigenvalue weighted by Gasteiger charge is -2.50. The van der Waals surface area contributed by atoms with Crippen molar-refractivity contribution in [2.24, 2.45) is 23.3 Å². The number of carbonyl (C=O) groups is 4. The van der Waals surface area contributed by atoms with Crippen molar-refractivity contribution in [3.63, 3.8) is 0 Å². The number of fused-ring (bicyclic) bond motifs is 3. The minimum absolute atomic E-state index is 0.0308. The molecule has 1 aromatic rings. The quantitative estimate of drug-likeness (QED) is 0.282. The van der Waals surface area contributed by atoms with Crippen LogP contribution in [-0.2, 0) is 20.8 Å². The zero-order chi connectivity index (χ0) is 27.0. The monoisotopic (exact) mass is 500 g/mol. The predicted octanol–water partition coefficient (Wildman–Crippen LogP) is -0.871. The first-order valence-corrected chi connectivity index (χ1v) is 11.2. The number of ketones is 2. The molecular weight excluding hydrogens is 472 g/mol. The largest absolute Gasteiger partial charge is 0.508 e. The van der Waals surface area contributed by atoms with Crippen LogP contribution in [0, 0.1) is 11.8 Å². The number of benzene rings is 1. The van der Waals surface area contributed by atoms with Crippen molar-refractivity contribution >= 4 is 34.8 Å². The Kier molecular flexibility index (Phi) is 5.65. The lowest BCUT2D eigenvalue weighted by molar-refractivity contribution is -0.153. The van der Waals surface area contributed by atoms with Crippen LogP contribution in [0.5, 0.6) is 5.75 Å². The number of aliphatic hydroxyl groups excluding tert-OH is 2. The fourth-order valence-electron chi connectivity index (χ4n) is 5.88. The zero-order valence-corrected chi connectivity index (χ0v) is 20.2. The topological polar surface area (TPSA) is 208 Å². The molecule has 12 heteroatoms. The van der Waals surface area contributed by atoms with Gasteiger partial charge in [-0.2, -0.15) is 0 Å². The molecule has 0 spiro atoms. The molecule has 2 amide bonds. The van der Waals surface area contributed by atoms with E-state index in [4.69, 9.17) is 11.5 Å². The van der Waals surface area contributed by atoms with Gasteiger partial charge in [0.15, 0.2) is 11.4 Å². The van der Waals surface area contributed by atoms with Gasteiger partial charge >= 0.3 is 0 Å². The molecule has 0 radical (unpaired) electrons. The van der Waals surface area contributed by atoms with Gasteiger partial charge in [-0.05, 0) is 44.5 Å². The zero-order valence-electron chi connectivity index (χ0n) is 20.2. The molecule has 12 nitrogen and oxygen atoms in total. The number of carbonyl (C=O) groups excluding carboxylic acids is 4. The second kappa shape index (κ2) is 8.07. The minimum Gasteiger partial charge on any atom is -0.508 e. The number of hydrogen-bond acceptors (Lipinski definition) is 10. The highest BCUT2D eigenvalue weighted by atomic mass is 16.3. The number of hydrogen-bond donors (Lipinski definition) is 6. The molecule has 1 fully saturated rings. The van der Waals surface area contributed by atoms with E-state index in [1.165, 1.54) is 25.1 Å². The van der Waals surface area contributed by atoms with Crippen LogP contribution in [0.3, 0.4) is 0 Å². The normalized spacial score (nSPS) is 27.6. The Morgan fingerprint density at radius 2 is 1.67 bits per heavy atom. The number of likely N-dealkylation sites (N-methyl/N-ethyl adjacent to an activating group) is 1. The van der Waals surface area contributed by atoms with E-state index in [0.717, 1.165) is 0 Å². The number of nitrogens with two attached hydrogens (primary N) is 2. The second-order valence-corrected chi connectivity index (χ2v) is 9.87. The second-order valence-electron chi connectivity index (χ2n) is 9.87. The molecule has 0 heterocycles. The molecule has 0 unspecified atom stereocenters. The summed E-state index contributed by atoms with van der Waals surface area (Å²) in [6.45, 7) is 0. The maximum Gasteiger partial charge on any atom is 0.255 e. The van der Waals surface area contributed by atoms with Gasteiger partial charge in [0.05, 0.1) is 17.2 Å². The number of aliphatic hydroxyl groups is 3. The molecule has 0 saturated heterocycles. The Balaban J connectivity index is 2.03. The van der Waals surface area contributed by atoms with Gasteiger partial charge in [0.2, 0.25) is 5.78 Å². The van der Waals surface area contributed by atoms with Gasteiger partial charge in [0, 0.05) is 31.3 Å². The van der Waals surface area contributed by atoms with Gasteiger partial charge in [0.25, 0.3) is 11.8 Å². The molecule has 192 valence electrons. The third-order valence-corrected chi connectivity index (χ3v) is 7.44. The van der Waals surface area contributed by atoms with Gasteiger partial charge in [-0.3, -0.25) is 24.1 Å². The van der Waals surface area contributed by atoms with Crippen molar-refractivity contribution in [3.05, 3.63) is 39.7 Å². The fraction of sp³-hybridized carbons (Fsp3) is 0.417. The molecule has 3 aliphatic carbocycles. The molecule has 3 aliphatic rings. The third kappa shape index (κ3) is 3.14. The number of aromatic hydroxyl groups is 1. The molecule has 1 aromatic carbocycles. The highest BCUT2D eigenvalue weighted by Crippen LogP contribution is 2.54. The van der Waals surface area contributed by atoms with Crippen molar-refractivity contribution in [2.75, 3.05) is 33.1 Å². The van der Waals surface area contributed by atoms with E-state index < -0.39 is 69.7 Å². The molecule has 0 bridgehead atoms. The molecule has 0 aliphatic heterocycles. The van der Waals surface area contributed by atoms with Crippen LogP contribution in [0.15, 0.2) is 23.0 Å². The number of anilines is 1. The molecule has 4 atom stereocenters. The fourth-order valence-corrected chi connectivity index (χ4v) is 5.88. The molecule has 4 rings (SSSR count). The average Bonchev–Trinajstić information content (AvgIpc) is 2.75. The van der Waals surface area contributed by atoms with E-state index in [1.807, 2.05) is 0 Å². The first-order chi connectivity index (χ1) is 16.7. The third-order valence-electron chi connectivity index (χ3n) is 7.44. The summed E-state index contributed by atoms with van der Waals surface area (Å²) >= 11 is 0. The van der Waals surface area contributed by atoms with Gasteiger partial charge in [0.1, 0.15) is 22.8 Å². The van der Waals surface area contributed by atoms with Gasteiger partial charge < -0.3 is 36.8 Å². The van der Waals surface area contributed by atoms with Crippen molar-refractivity contribution < 1.29 is 39.6 Å².